The number of hydrogen-bond donors (Lipinski definition) is 0. The van der Waals surface area contributed by atoms with Crippen molar-refractivity contribution in [1.29, 1.82) is 0 Å². The minimum Gasteiger partial charge on any atom is -0.443 e. The van der Waals surface area contributed by atoms with E-state index in [9.17, 15) is 4.79 Å². The Hall–Kier alpha value is -1.62. The highest BCUT2D eigenvalue weighted by atomic mass is 16.6. The van der Waals surface area contributed by atoms with Crippen molar-refractivity contribution in [2.24, 2.45) is 5.92 Å². The molecule has 2 aliphatic rings. The van der Waals surface area contributed by atoms with Crippen LogP contribution in [0.4, 0.5) is 10.6 Å². The van der Waals surface area contributed by atoms with Crippen molar-refractivity contribution in [3.8, 4) is 0 Å². The van der Waals surface area contributed by atoms with Gasteiger partial charge in [0.1, 0.15) is 11.4 Å². The van der Waals surface area contributed by atoms with E-state index in [-0.39, 0.29) is 12.1 Å². The van der Waals surface area contributed by atoms with E-state index in [0.717, 1.165) is 44.6 Å². The number of pyridine rings is 1. The number of ether oxygens (including phenoxy) is 1. The molecule has 0 radical (unpaired) electrons. The van der Waals surface area contributed by atoms with Crippen LogP contribution in [0.3, 0.4) is 0 Å². The van der Waals surface area contributed by atoms with E-state index < -0.39 is 5.60 Å². The van der Waals surface area contributed by atoms with Gasteiger partial charge in [0.2, 0.25) is 0 Å². The summed E-state index contributed by atoms with van der Waals surface area (Å²) in [4.78, 5) is 22.2. The molecule has 1 aromatic rings. The molecule has 1 aromatic heterocycles. The van der Waals surface area contributed by atoms with Gasteiger partial charge in [0.05, 0.1) is 0 Å². The lowest BCUT2D eigenvalue weighted by atomic mass is 9.94. The van der Waals surface area contributed by atoms with Crippen molar-refractivity contribution in [2.45, 2.75) is 97.2 Å². The van der Waals surface area contributed by atoms with Crippen molar-refractivity contribution < 1.29 is 9.53 Å². The largest absolute Gasteiger partial charge is 0.443 e. The van der Waals surface area contributed by atoms with Gasteiger partial charge >= 0.3 is 6.09 Å². The molecule has 2 heterocycles. The van der Waals surface area contributed by atoms with Gasteiger partial charge in [0, 0.05) is 24.8 Å². The van der Waals surface area contributed by atoms with Crippen LogP contribution in [0.2, 0.25) is 0 Å². The quantitative estimate of drug-likeness (QED) is 0.612. The summed E-state index contributed by atoms with van der Waals surface area (Å²) in [6.45, 7) is 12.6. The second-order valence-corrected chi connectivity index (χ2v) is 10.1. The number of carbonyl (C=O) groups is 1. The molecule has 29 heavy (non-hydrogen) atoms. The molecular weight excluding hydrogens is 362 g/mol. The van der Waals surface area contributed by atoms with Crippen LogP contribution in [0.1, 0.15) is 91.2 Å². The molecule has 0 aromatic carbocycles. The normalized spacial score (nSPS) is 21.5. The molecule has 2 fully saturated rings. The zero-order chi connectivity index (χ0) is 21.0. The molecule has 5 nitrogen and oxygen atoms in total. The zero-order valence-electron chi connectivity index (χ0n) is 19.0. The van der Waals surface area contributed by atoms with E-state index in [2.05, 4.69) is 24.8 Å². The Kier molecular flexibility index (Phi) is 7.20. The Bertz CT molecular complexity index is 660. The molecule has 5 heteroatoms. The molecule has 1 amide bonds. The molecule has 1 aliphatic carbocycles. The number of hydrogen-bond acceptors (Lipinski definition) is 4. The highest BCUT2D eigenvalue weighted by Gasteiger charge is 2.32. The lowest BCUT2D eigenvalue weighted by Crippen LogP contribution is -2.45. The van der Waals surface area contributed by atoms with Crippen LogP contribution in [0.5, 0.6) is 0 Å². The second-order valence-electron chi connectivity index (χ2n) is 10.1. The maximum Gasteiger partial charge on any atom is 0.416 e. The Morgan fingerprint density at radius 1 is 1.17 bits per heavy atom. The SMILES string of the molecule is CC(C)CN1CCCC1c1ccc(N(C(=O)OC(C)(C)C)C2CCCCC2)nc1. The van der Waals surface area contributed by atoms with Gasteiger partial charge in [-0.15, -0.1) is 0 Å². The van der Waals surface area contributed by atoms with Crippen molar-refractivity contribution in [1.82, 2.24) is 9.88 Å². The van der Waals surface area contributed by atoms with Crippen LogP contribution in [0.25, 0.3) is 0 Å². The van der Waals surface area contributed by atoms with E-state index in [1.165, 1.54) is 24.8 Å². The maximum absolute atomic E-state index is 13.0. The molecule has 0 N–H and O–H groups in total. The molecule has 162 valence electrons. The van der Waals surface area contributed by atoms with E-state index in [1.807, 2.05) is 37.9 Å². The van der Waals surface area contributed by atoms with E-state index >= 15 is 0 Å². The minimum absolute atomic E-state index is 0.181. The third kappa shape index (κ3) is 5.94. The van der Waals surface area contributed by atoms with Crippen LogP contribution >= 0.6 is 0 Å². The molecule has 1 aliphatic heterocycles. The zero-order valence-corrected chi connectivity index (χ0v) is 19.0. The lowest BCUT2D eigenvalue weighted by Gasteiger charge is -2.35. The highest BCUT2D eigenvalue weighted by Crippen LogP contribution is 2.34. The summed E-state index contributed by atoms with van der Waals surface area (Å²) in [6.07, 6.45) is 9.75. The van der Waals surface area contributed by atoms with Gasteiger partial charge in [-0.2, -0.15) is 0 Å². The first-order valence-corrected chi connectivity index (χ1v) is 11.5. The Labute approximate surface area is 176 Å². The average Bonchev–Trinajstić information content (AvgIpc) is 3.09. The fraction of sp³-hybridized carbons (Fsp3) is 0.750. The number of anilines is 1. The summed E-state index contributed by atoms with van der Waals surface area (Å²) >= 11 is 0. The first kappa shape index (κ1) is 22.1. The molecule has 1 saturated heterocycles. The molecular formula is C24H39N3O2. The van der Waals surface area contributed by atoms with Crippen LogP contribution in [0.15, 0.2) is 18.3 Å². The predicted octanol–water partition coefficient (Wildman–Crippen LogP) is 5.95. The lowest BCUT2D eigenvalue weighted by molar-refractivity contribution is 0.0556. The molecule has 0 bridgehead atoms. The second kappa shape index (κ2) is 9.46. The number of rotatable bonds is 5. The van der Waals surface area contributed by atoms with Gasteiger partial charge in [-0.1, -0.05) is 39.2 Å². The third-order valence-corrected chi connectivity index (χ3v) is 5.90. The van der Waals surface area contributed by atoms with Gasteiger partial charge in [0.15, 0.2) is 0 Å². The molecule has 1 atom stereocenters. The van der Waals surface area contributed by atoms with E-state index in [4.69, 9.17) is 9.72 Å². The standard InChI is InChI=1S/C24H39N3O2/c1-18(2)17-26-15-9-12-21(26)19-13-14-22(25-16-19)27(20-10-7-6-8-11-20)23(28)29-24(3,4)5/h13-14,16,18,20-21H,6-12,15,17H2,1-5H3. The highest BCUT2D eigenvalue weighted by molar-refractivity contribution is 5.87. The fourth-order valence-electron chi connectivity index (χ4n) is 4.71. The summed E-state index contributed by atoms with van der Waals surface area (Å²) < 4.78 is 5.74. The first-order valence-electron chi connectivity index (χ1n) is 11.5. The molecule has 1 saturated carbocycles. The number of amides is 1. The monoisotopic (exact) mass is 401 g/mol. The summed E-state index contributed by atoms with van der Waals surface area (Å²) in [5.41, 5.74) is 0.755. The van der Waals surface area contributed by atoms with Crippen LogP contribution in [0, 0.1) is 5.92 Å². The van der Waals surface area contributed by atoms with Crippen molar-refractivity contribution in [3.63, 3.8) is 0 Å². The summed E-state index contributed by atoms with van der Waals surface area (Å²) in [5.74, 6) is 1.39. The van der Waals surface area contributed by atoms with Crippen LogP contribution < -0.4 is 4.90 Å². The third-order valence-electron chi connectivity index (χ3n) is 5.90. The van der Waals surface area contributed by atoms with Gasteiger partial charge in [0.25, 0.3) is 0 Å². The van der Waals surface area contributed by atoms with Gasteiger partial charge in [-0.25, -0.2) is 9.78 Å². The number of likely N-dealkylation sites (tertiary alicyclic amines) is 1. The average molecular weight is 402 g/mol. The first-order chi connectivity index (χ1) is 13.7. The molecule has 3 rings (SSSR count). The summed E-state index contributed by atoms with van der Waals surface area (Å²) in [5, 5.41) is 0. The smallest absolute Gasteiger partial charge is 0.416 e. The maximum atomic E-state index is 13.0. The topological polar surface area (TPSA) is 45.7 Å². The van der Waals surface area contributed by atoms with E-state index in [1.54, 1.807) is 0 Å². The van der Waals surface area contributed by atoms with Gasteiger partial charge in [-0.3, -0.25) is 9.80 Å². The van der Waals surface area contributed by atoms with Crippen LogP contribution in [-0.4, -0.2) is 40.7 Å². The fourth-order valence-corrected chi connectivity index (χ4v) is 4.71. The Morgan fingerprint density at radius 2 is 1.90 bits per heavy atom. The Balaban J connectivity index is 1.80. The minimum atomic E-state index is -0.509. The van der Waals surface area contributed by atoms with Crippen LogP contribution in [-0.2, 0) is 4.74 Å². The summed E-state index contributed by atoms with van der Waals surface area (Å²) in [7, 11) is 0. The van der Waals surface area contributed by atoms with Crippen molar-refractivity contribution >= 4 is 11.9 Å². The van der Waals surface area contributed by atoms with Gasteiger partial charge < -0.3 is 4.74 Å². The number of carbonyl (C=O) groups excluding carboxylic acids is 1. The predicted molar refractivity (Wildman–Crippen MR) is 118 cm³/mol. The van der Waals surface area contributed by atoms with Gasteiger partial charge in [-0.05, 0) is 70.5 Å². The van der Waals surface area contributed by atoms with Crippen molar-refractivity contribution in [3.05, 3.63) is 23.9 Å². The molecule has 0 spiro atoms. The number of nitrogens with zero attached hydrogens (tertiary/aromatic N) is 3. The van der Waals surface area contributed by atoms with Crippen molar-refractivity contribution in [2.75, 3.05) is 18.0 Å². The Morgan fingerprint density at radius 3 is 2.48 bits per heavy atom. The molecule has 1 unspecified atom stereocenters. The summed E-state index contributed by atoms with van der Waals surface area (Å²) in [6, 6.07) is 4.83. The number of aromatic nitrogens is 1. The van der Waals surface area contributed by atoms with E-state index in [0.29, 0.717) is 12.0 Å².